The molecule has 0 unspecified atom stereocenters. The van der Waals surface area contributed by atoms with Crippen molar-refractivity contribution in [2.24, 2.45) is 0 Å². The lowest BCUT2D eigenvalue weighted by molar-refractivity contribution is 0.589. The van der Waals surface area contributed by atoms with E-state index in [4.69, 9.17) is 0 Å². The standard InChI is InChI=1S/C15H19N3/c1-11(2)17-10-13-6-4-5-7-14(13)15-16-9-8-12(3)18-15/h4-9,11,17H,10H2,1-3H3. The molecule has 94 valence electrons. The summed E-state index contributed by atoms with van der Waals surface area (Å²) < 4.78 is 0. The molecule has 0 saturated heterocycles. The van der Waals surface area contributed by atoms with Gasteiger partial charge < -0.3 is 5.32 Å². The lowest BCUT2D eigenvalue weighted by Crippen LogP contribution is -2.22. The predicted molar refractivity (Wildman–Crippen MR) is 74.2 cm³/mol. The van der Waals surface area contributed by atoms with Crippen LogP contribution in [-0.2, 0) is 6.54 Å². The molecule has 3 heteroatoms. The van der Waals surface area contributed by atoms with Crippen molar-refractivity contribution in [3.63, 3.8) is 0 Å². The first-order valence-corrected chi connectivity index (χ1v) is 6.28. The Morgan fingerprint density at radius 3 is 2.67 bits per heavy atom. The van der Waals surface area contributed by atoms with E-state index in [2.05, 4.69) is 47.3 Å². The summed E-state index contributed by atoms with van der Waals surface area (Å²) >= 11 is 0. The van der Waals surface area contributed by atoms with Crippen LogP contribution in [0.2, 0.25) is 0 Å². The molecule has 2 rings (SSSR count). The smallest absolute Gasteiger partial charge is 0.159 e. The van der Waals surface area contributed by atoms with E-state index in [1.165, 1.54) is 5.56 Å². The second-order valence-electron chi connectivity index (χ2n) is 4.71. The molecule has 18 heavy (non-hydrogen) atoms. The SMILES string of the molecule is Cc1ccnc(-c2ccccc2CNC(C)C)n1. The van der Waals surface area contributed by atoms with Crippen LogP contribution in [0, 0.1) is 6.92 Å². The van der Waals surface area contributed by atoms with Gasteiger partial charge in [-0.1, -0.05) is 38.1 Å². The molecule has 0 aliphatic heterocycles. The molecular weight excluding hydrogens is 222 g/mol. The van der Waals surface area contributed by atoms with Crippen LogP contribution in [0.3, 0.4) is 0 Å². The summed E-state index contributed by atoms with van der Waals surface area (Å²) in [6.07, 6.45) is 1.81. The average molecular weight is 241 g/mol. The highest BCUT2D eigenvalue weighted by molar-refractivity contribution is 5.60. The molecular formula is C15H19N3. The Labute approximate surface area is 108 Å². The minimum atomic E-state index is 0.469. The molecule has 1 heterocycles. The number of hydrogen-bond acceptors (Lipinski definition) is 3. The van der Waals surface area contributed by atoms with Gasteiger partial charge in [0.15, 0.2) is 5.82 Å². The number of rotatable bonds is 4. The number of aryl methyl sites for hydroxylation is 1. The maximum Gasteiger partial charge on any atom is 0.159 e. The second-order valence-corrected chi connectivity index (χ2v) is 4.71. The summed E-state index contributed by atoms with van der Waals surface area (Å²) in [6.45, 7) is 7.11. The summed E-state index contributed by atoms with van der Waals surface area (Å²) in [4.78, 5) is 8.85. The first kappa shape index (κ1) is 12.7. The quantitative estimate of drug-likeness (QED) is 0.894. The van der Waals surface area contributed by atoms with Crippen molar-refractivity contribution in [1.82, 2.24) is 15.3 Å². The van der Waals surface area contributed by atoms with Gasteiger partial charge in [0.25, 0.3) is 0 Å². The Kier molecular flexibility index (Phi) is 4.05. The number of nitrogens with zero attached hydrogens (tertiary/aromatic N) is 2. The van der Waals surface area contributed by atoms with Crippen molar-refractivity contribution in [3.05, 3.63) is 47.8 Å². The van der Waals surface area contributed by atoms with Gasteiger partial charge in [0.05, 0.1) is 0 Å². The maximum atomic E-state index is 4.49. The van der Waals surface area contributed by atoms with E-state index < -0.39 is 0 Å². The highest BCUT2D eigenvalue weighted by Crippen LogP contribution is 2.19. The van der Waals surface area contributed by atoms with Crippen molar-refractivity contribution in [3.8, 4) is 11.4 Å². The van der Waals surface area contributed by atoms with Crippen LogP contribution in [0.1, 0.15) is 25.1 Å². The molecule has 0 spiro atoms. The van der Waals surface area contributed by atoms with Gasteiger partial charge in [-0.25, -0.2) is 9.97 Å². The van der Waals surface area contributed by atoms with Crippen molar-refractivity contribution in [2.45, 2.75) is 33.4 Å². The van der Waals surface area contributed by atoms with Crippen molar-refractivity contribution in [1.29, 1.82) is 0 Å². The fraction of sp³-hybridized carbons (Fsp3) is 0.333. The van der Waals surface area contributed by atoms with E-state index >= 15 is 0 Å². The van der Waals surface area contributed by atoms with Crippen LogP contribution in [0.5, 0.6) is 0 Å². The number of benzene rings is 1. The fourth-order valence-electron chi connectivity index (χ4n) is 1.79. The second kappa shape index (κ2) is 5.74. The van der Waals surface area contributed by atoms with Gasteiger partial charge in [0, 0.05) is 30.0 Å². The molecule has 0 fully saturated rings. The third-order valence-electron chi connectivity index (χ3n) is 2.75. The summed E-state index contributed by atoms with van der Waals surface area (Å²) in [5.41, 5.74) is 3.33. The van der Waals surface area contributed by atoms with Crippen molar-refractivity contribution < 1.29 is 0 Å². The minimum Gasteiger partial charge on any atom is -0.310 e. The lowest BCUT2D eigenvalue weighted by atomic mass is 10.1. The average Bonchev–Trinajstić information content (AvgIpc) is 2.36. The molecule has 1 aromatic heterocycles. The van der Waals surface area contributed by atoms with Gasteiger partial charge in [0.1, 0.15) is 0 Å². The van der Waals surface area contributed by atoms with Crippen LogP contribution < -0.4 is 5.32 Å². The third-order valence-corrected chi connectivity index (χ3v) is 2.75. The Morgan fingerprint density at radius 2 is 1.94 bits per heavy atom. The Bertz CT molecular complexity index is 521. The first-order chi connectivity index (χ1) is 8.66. The van der Waals surface area contributed by atoms with Crippen LogP contribution in [-0.4, -0.2) is 16.0 Å². The summed E-state index contributed by atoms with van der Waals surface area (Å²) in [6, 6.07) is 10.7. The van der Waals surface area contributed by atoms with Gasteiger partial charge in [-0.05, 0) is 18.6 Å². The van der Waals surface area contributed by atoms with Crippen LogP contribution in [0.25, 0.3) is 11.4 Å². The lowest BCUT2D eigenvalue weighted by Gasteiger charge is -2.12. The van der Waals surface area contributed by atoms with Crippen molar-refractivity contribution in [2.75, 3.05) is 0 Å². The molecule has 0 radical (unpaired) electrons. The molecule has 2 aromatic rings. The zero-order chi connectivity index (χ0) is 13.0. The zero-order valence-corrected chi connectivity index (χ0v) is 11.1. The van der Waals surface area contributed by atoms with E-state index in [9.17, 15) is 0 Å². The molecule has 1 aromatic carbocycles. The molecule has 0 amide bonds. The van der Waals surface area contributed by atoms with Crippen LogP contribution in [0.4, 0.5) is 0 Å². The highest BCUT2D eigenvalue weighted by Gasteiger charge is 2.07. The summed E-state index contributed by atoms with van der Waals surface area (Å²) in [7, 11) is 0. The monoisotopic (exact) mass is 241 g/mol. The van der Waals surface area contributed by atoms with Crippen LogP contribution in [0.15, 0.2) is 36.5 Å². The van der Waals surface area contributed by atoms with Gasteiger partial charge in [-0.15, -0.1) is 0 Å². The summed E-state index contributed by atoms with van der Waals surface area (Å²) in [5, 5.41) is 3.43. The van der Waals surface area contributed by atoms with E-state index in [-0.39, 0.29) is 0 Å². The Balaban J connectivity index is 2.32. The van der Waals surface area contributed by atoms with E-state index in [0.29, 0.717) is 6.04 Å². The molecule has 0 atom stereocenters. The van der Waals surface area contributed by atoms with Gasteiger partial charge >= 0.3 is 0 Å². The van der Waals surface area contributed by atoms with Gasteiger partial charge in [-0.3, -0.25) is 0 Å². The molecule has 0 bridgehead atoms. The number of hydrogen-bond donors (Lipinski definition) is 1. The molecule has 0 saturated carbocycles. The van der Waals surface area contributed by atoms with Gasteiger partial charge in [0.2, 0.25) is 0 Å². The molecule has 3 nitrogen and oxygen atoms in total. The number of aromatic nitrogens is 2. The van der Waals surface area contributed by atoms with E-state index in [1.54, 1.807) is 0 Å². The van der Waals surface area contributed by atoms with E-state index in [0.717, 1.165) is 23.6 Å². The molecule has 0 aliphatic rings. The maximum absolute atomic E-state index is 4.49. The van der Waals surface area contributed by atoms with Gasteiger partial charge in [-0.2, -0.15) is 0 Å². The summed E-state index contributed by atoms with van der Waals surface area (Å²) in [5.74, 6) is 0.802. The largest absolute Gasteiger partial charge is 0.310 e. The van der Waals surface area contributed by atoms with Crippen molar-refractivity contribution >= 4 is 0 Å². The van der Waals surface area contributed by atoms with E-state index in [1.807, 2.05) is 25.3 Å². The Hall–Kier alpha value is -1.74. The third kappa shape index (κ3) is 3.14. The molecule has 0 aliphatic carbocycles. The Morgan fingerprint density at radius 1 is 1.17 bits per heavy atom. The fourth-order valence-corrected chi connectivity index (χ4v) is 1.79. The highest BCUT2D eigenvalue weighted by atomic mass is 14.9. The minimum absolute atomic E-state index is 0.469. The molecule has 1 N–H and O–H groups in total. The number of nitrogens with one attached hydrogen (secondary N) is 1. The first-order valence-electron chi connectivity index (χ1n) is 6.28. The topological polar surface area (TPSA) is 37.8 Å². The van der Waals surface area contributed by atoms with Crippen LogP contribution >= 0.6 is 0 Å². The normalized spacial score (nSPS) is 10.9. The predicted octanol–water partition coefficient (Wildman–Crippen LogP) is 2.95. The zero-order valence-electron chi connectivity index (χ0n) is 11.1.